The second-order valence-corrected chi connectivity index (χ2v) is 5.42. The molecule has 2 aromatic rings. The molecule has 120 valence electrons. The Morgan fingerprint density at radius 1 is 1.09 bits per heavy atom. The molecule has 0 aliphatic carbocycles. The van der Waals surface area contributed by atoms with Crippen LogP contribution in [0.3, 0.4) is 0 Å². The van der Waals surface area contributed by atoms with Crippen LogP contribution < -0.4 is 15.6 Å². The first-order valence-corrected chi connectivity index (χ1v) is 7.43. The summed E-state index contributed by atoms with van der Waals surface area (Å²) in [5.41, 5.74) is 5.36. The van der Waals surface area contributed by atoms with Crippen molar-refractivity contribution in [1.82, 2.24) is 15.8 Å². The number of benzene rings is 1. The van der Waals surface area contributed by atoms with Gasteiger partial charge in [0.15, 0.2) is 0 Å². The second kappa shape index (κ2) is 7.55. The monoisotopic (exact) mass is 331 g/mol. The zero-order chi connectivity index (χ0) is 16.8. The lowest BCUT2D eigenvalue weighted by Crippen LogP contribution is -2.41. The van der Waals surface area contributed by atoms with E-state index in [1.54, 1.807) is 42.6 Å². The average molecular weight is 331 g/mol. The second-order valence-electron chi connectivity index (χ2n) is 5.01. The Hall–Kier alpha value is -2.67. The van der Waals surface area contributed by atoms with E-state index in [0.717, 1.165) is 0 Å². The first-order chi connectivity index (χ1) is 11.0. The number of H-pyrrole nitrogens is 1. The van der Waals surface area contributed by atoms with Gasteiger partial charge in [0, 0.05) is 11.8 Å². The molecule has 2 amide bonds. The predicted octanol–water partition coefficient (Wildman–Crippen LogP) is 2.61. The molecule has 6 nitrogen and oxygen atoms in total. The van der Waals surface area contributed by atoms with Gasteiger partial charge in [-0.05, 0) is 50.2 Å². The van der Waals surface area contributed by atoms with Gasteiger partial charge in [0.2, 0.25) is 0 Å². The highest BCUT2D eigenvalue weighted by Gasteiger charge is 2.10. The van der Waals surface area contributed by atoms with Crippen molar-refractivity contribution in [2.45, 2.75) is 20.0 Å². The molecular weight excluding hydrogens is 314 g/mol. The number of hydrazine groups is 1. The standard InChI is InChI=1S/C16H17N3O3S/c1-10(2)22-12-7-5-11(6-8-12)14(20)18-19-15(21)13-4-3-9-17-16(13)23/h3-10H,1-2H3,(H,17,23)(H,18,20)(H,19,21). The summed E-state index contributed by atoms with van der Waals surface area (Å²) in [7, 11) is 0. The number of aromatic amines is 1. The van der Waals surface area contributed by atoms with Crippen molar-refractivity contribution in [2.75, 3.05) is 0 Å². The van der Waals surface area contributed by atoms with Crippen LogP contribution in [-0.4, -0.2) is 22.9 Å². The van der Waals surface area contributed by atoms with Crippen molar-refractivity contribution < 1.29 is 14.3 Å². The van der Waals surface area contributed by atoms with Gasteiger partial charge in [-0.25, -0.2) is 0 Å². The Morgan fingerprint density at radius 2 is 1.74 bits per heavy atom. The van der Waals surface area contributed by atoms with Crippen molar-refractivity contribution in [1.29, 1.82) is 0 Å². The Kier molecular flexibility index (Phi) is 5.48. The maximum Gasteiger partial charge on any atom is 0.272 e. The molecule has 3 N–H and O–H groups in total. The highest BCUT2D eigenvalue weighted by atomic mass is 32.1. The van der Waals surface area contributed by atoms with Crippen LogP contribution in [0.5, 0.6) is 5.75 Å². The fraction of sp³-hybridized carbons (Fsp3) is 0.188. The summed E-state index contributed by atoms with van der Waals surface area (Å²) in [6.45, 7) is 3.84. The molecule has 0 aliphatic rings. The van der Waals surface area contributed by atoms with Crippen LogP contribution in [0, 0.1) is 4.64 Å². The Bertz CT molecular complexity index is 754. The summed E-state index contributed by atoms with van der Waals surface area (Å²) in [5, 5.41) is 0. The number of nitrogens with one attached hydrogen (secondary N) is 3. The first-order valence-electron chi connectivity index (χ1n) is 7.02. The third kappa shape index (κ3) is 4.65. The molecule has 0 saturated heterocycles. The molecule has 0 unspecified atom stereocenters. The highest BCUT2D eigenvalue weighted by Crippen LogP contribution is 2.13. The van der Waals surface area contributed by atoms with Crippen LogP contribution >= 0.6 is 12.2 Å². The van der Waals surface area contributed by atoms with E-state index >= 15 is 0 Å². The molecule has 1 aromatic carbocycles. The number of aromatic nitrogens is 1. The van der Waals surface area contributed by atoms with Crippen molar-refractivity contribution in [3.63, 3.8) is 0 Å². The van der Waals surface area contributed by atoms with Gasteiger partial charge in [-0.3, -0.25) is 20.4 Å². The van der Waals surface area contributed by atoms with Gasteiger partial charge >= 0.3 is 0 Å². The topological polar surface area (TPSA) is 83.2 Å². The molecule has 0 spiro atoms. The fourth-order valence-corrected chi connectivity index (χ4v) is 2.04. The molecule has 2 rings (SSSR count). The Morgan fingerprint density at radius 3 is 2.35 bits per heavy atom. The minimum absolute atomic E-state index is 0.0595. The third-order valence-corrected chi connectivity index (χ3v) is 3.18. The van der Waals surface area contributed by atoms with Crippen molar-refractivity contribution >= 4 is 24.0 Å². The summed E-state index contributed by atoms with van der Waals surface area (Å²) in [6.07, 6.45) is 1.68. The van der Waals surface area contributed by atoms with E-state index in [1.807, 2.05) is 13.8 Å². The molecular formula is C16H17N3O3S. The molecule has 0 radical (unpaired) electrons. The number of hydrogen-bond acceptors (Lipinski definition) is 4. The SMILES string of the molecule is CC(C)Oc1ccc(C(=O)NNC(=O)c2ccc[nH]c2=S)cc1. The lowest BCUT2D eigenvalue weighted by molar-refractivity contribution is 0.0846. The van der Waals surface area contributed by atoms with Crippen LogP contribution in [-0.2, 0) is 0 Å². The lowest BCUT2D eigenvalue weighted by atomic mass is 10.2. The average Bonchev–Trinajstić information content (AvgIpc) is 2.53. The zero-order valence-electron chi connectivity index (χ0n) is 12.8. The summed E-state index contributed by atoms with van der Waals surface area (Å²) in [5.74, 6) is -0.239. The largest absolute Gasteiger partial charge is 0.491 e. The molecule has 0 bridgehead atoms. The molecule has 0 saturated carbocycles. The molecule has 23 heavy (non-hydrogen) atoms. The van der Waals surface area contributed by atoms with E-state index in [1.165, 1.54) is 0 Å². The van der Waals surface area contributed by atoms with Gasteiger partial charge in [-0.15, -0.1) is 0 Å². The predicted molar refractivity (Wildman–Crippen MR) is 88.8 cm³/mol. The van der Waals surface area contributed by atoms with E-state index in [4.69, 9.17) is 17.0 Å². The number of carbonyl (C=O) groups is 2. The third-order valence-electron chi connectivity index (χ3n) is 2.84. The van der Waals surface area contributed by atoms with E-state index in [2.05, 4.69) is 15.8 Å². The Labute approximate surface area is 138 Å². The van der Waals surface area contributed by atoms with E-state index in [9.17, 15) is 9.59 Å². The van der Waals surface area contributed by atoms with E-state index in [0.29, 0.717) is 16.0 Å². The number of hydrogen-bond donors (Lipinski definition) is 3. The molecule has 1 heterocycles. The molecule has 0 aliphatic heterocycles. The summed E-state index contributed by atoms with van der Waals surface area (Å²) in [4.78, 5) is 26.7. The van der Waals surface area contributed by atoms with Gasteiger partial charge in [-0.1, -0.05) is 12.2 Å². The zero-order valence-corrected chi connectivity index (χ0v) is 13.6. The van der Waals surface area contributed by atoms with Crippen molar-refractivity contribution in [3.05, 3.63) is 58.4 Å². The number of carbonyl (C=O) groups excluding carboxylic acids is 2. The highest BCUT2D eigenvalue weighted by molar-refractivity contribution is 7.71. The number of ether oxygens (including phenoxy) is 1. The number of rotatable bonds is 4. The van der Waals surface area contributed by atoms with Gasteiger partial charge < -0.3 is 9.72 Å². The van der Waals surface area contributed by atoms with Crippen LogP contribution in [0.1, 0.15) is 34.6 Å². The summed E-state index contributed by atoms with van der Waals surface area (Å²) in [6, 6.07) is 9.86. The van der Waals surface area contributed by atoms with Crippen LogP contribution in [0.15, 0.2) is 42.6 Å². The quantitative estimate of drug-likeness (QED) is 0.594. The van der Waals surface area contributed by atoms with Crippen molar-refractivity contribution in [2.24, 2.45) is 0 Å². The molecule has 0 fully saturated rings. The maximum absolute atomic E-state index is 12.0. The lowest BCUT2D eigenvalue weighted by Gasteiger charge is -2.10. The molecule has 0 atom stereocenters. The summed E-state index contributed by atoms with van der Waals surface area (Å²) < 4.78 is 5.80. The van der Waals surface area contributed by atoms with Crippen LogP contribution in [0.4, 0.5) is 0 Å². The molecule has 7 heteroatoms. The van der Waals surface area contributed by atoms with Crippen molar-refractivity contribution in [3.8, 4) is 5.75 Å². The number of amides is 2. The van der Waals surface area contributed by atoms with Gasteiger partial charge in [0.1, 0.15) is 10.4 Å². The molecule has 1 aromatic heterocycles. The van der Waals surface area contributed by atoms with Gasteiger partial charge in [-0.2, -0.15) is 0 Å². The van der Waals surface area contributed by atoms with Crippen LogP contribution in [0.25, 0.3) is 0 Å². The van der Waals surface area contributed by atoms with Gasteiger partial charge in [0.25, 0.3) is 11.8 Å². The first kappa shape index (κ1) is 16.7. The smallest absolute Gasteiger partial charge is 0.272 e. The minimum Gasteiger partial charge on any atom is -0.491 e. The minimum atomic E-state index is -0.486. The van der Waals surface area contributed by atoms with Crippen LogP contribution in [0.2, 0.25) is 0 Å². The number of pyridine rings is 1. The summed E-state index contributed by atoms with van der Waals surface area (Å²) >= 11 is 5.01. The van der Waals surface area contributed by atoms with E-state index < -0.39 is 11.8 Å². The van der Waals surface area contributed by atoms with Gasteiger partial charge in [0.05, 0.1) is 11.7 Å². The fourth-order valence-electron chi connectivity index (χ4n) is 1.81. The maximum atomic E-state index is 12.0. The Balaban J connectivity index is 1.96. The van der Waals surface area contributed by atoms with E-state index in [-0.39, 0.29) is 11.7 Å². The normalized spacial score (nSPS) is 10.2.